The van der Waals surface area contributed by atoms with Gasteiger partial charge in [-0.1, -0.05) is 25.5 Å². The highest BCUT2D eigenvalue weighted by atomic mass is 32.2. The van der Waals surface area contributed by atoms with E-state index in [0.29, 0.717) is 17.5 Å². The summed E-state index contributed by atoms with van der Waals surface area (Å²) in [6.45, 7) is 1.84. The lowest BCUT2D eigenvalue weighted by atomic mass is 10.1. The second kappa shape index (κ2) is 7.63. The van der Waals surface area contributed by atoms with Gasteiger partial charge in [-0.15, -0.1) is 0 Å². The molecule has 1 aromatic heterocycles. The van der Waals surface area contributed by atoms with Gasteiger partial charge in [0.15, 0.2) is 0 Å². The van der Waals surface area contributed by atoms with Crippen molar-refractivity contribution < 1.29 is 23.1 Å². The number of carbonyl (C=O) groups excluding carboxylic acids is 1. The first-order valence-electron chi connectivity index (χ1n) is 7.69. The second-order valence-electron chi connectivity index (χ2n) is 5.41. The maximum atomic E-state index is 12.9. The molecule has 0 aliphatic heterocycles. The van der Waals surface area contributed by atoms with E-state index in [0.717, 1.165) is 12.8 Å². The molecule has 0 aliphatic carbocycles. The number of benzene rings is 1. The van der Waals surface area contributed by atoms with Crippen LogP contribution in [0.5, 0.6) is 0 Å². The zero-order valence-corrected chi connectivity index (χ0v) is 14.5. The maximum absolute atomic E-state index is 12.9. The zero-order chi connectivity index (χ0) is 17.7. The van der Waals surface area contributed by atoms with E-state index < -0.39 is 15.8 Å². The van der Waals surface area contributed by atoms with Crippen LogP contribution in [0, 0.1) is 0 Å². The van der Waals surface area contributed by atoms with E-state index in [-0.39, 0.29) is 22.1 Å². The number of sulfone groups is 1. The third kappa shape index (κ3) is 3.52. The monoisotopic (exact) mass is 351 g/mol. The molecule has 1 heterocycles. The molecule has 2 N–H and O–H groups in total. The van der Waals surface area contributed by atoms with E-state index in [2.05, 4.69) is 4.98 Å². The molecule has 0 atom stereocenters. The Bertz CT molecular complexity index is 806. The van der Waals surface area contributed by atoms with Gasteiger partial charge in [-0.2, -0.15) is 0 Å². The van der Waals surface area contributed by atoms with E-state index in [1.54, 1.807) is 12.1 Å². The summed E-state index contributed by atoms with van der Waals surface area (Å²) in [5.41, 5.74) is 1.26. The number of rotatable bonds is 7. The molecule has 1 aromatic carbocycles. The van der Waals surface area contributed by atoms with Crippen molar-refractivity contribution in [1.29, 1.82) is 0 Å². The average molecular weight is 351 g/mol. The quantitative estimate of drug-likeness (QED) is 0.747. The molecule has 0 bridgehead atoms. The summed E-state index contributed by atoms with van der Waals surface area (Å²) < 4.78 is 30.5. The molecule has 24 heavy (non-hydrogen) atoms. The number of H-pyrrole nitrogens is 1. The highest BCUT2D eigenvalue weighted by Crippen LogP contribution is 2.28. The number of aromatic nitrogens is 1. The second-order valence-corrected chi connectivity index (χ2v) is 7.33. The number of esters is 1. The number of aliphatic hydroxyl groups is 1. The lowest BCUT2D eigenvalue weighted by molar-refractivity contribution is 0.0593. The molecule has 130 valence electrons. The SMILES string of the molecule is CCCCc1c(S(=O)(=O)c2ccc(CO)cc2)c[nH]c1C(=O)OC. The molecule has 0 spiro atoms. The van der Waals surface area contributed by atoms with Crippen LogP contribution in [-0.4, -0.2) is 31.6 Å². The maximum Gasteiger partial charge on any atom is 0.354 e. The van der Waals surface area contributed by atoms with Gasteiger partial charge in [0.25, 0.3) is 0 Å². The summed E-state index contributed by atoms with van der Waals surface area (Å²) in [7, 11) is -2.51. The Morgan fingerprint density at radius 2 is 1.92 bits per heavy atom. The third-order valence-electron chi connectivity index (χ3n) is 3.82. The first-order valence-corrected chi connectivity index (χ1v) is 9.17. The number of methoxy groups -OCH3 is 1. The van der Waals surface area contributed by atoms with Crippen molar-refractivity contribution >= 4 is 15.8 Å². The van der Waals surface area contributed by atoms with Crippen molar-refractivity contribution in [2.24, 2.45) is 0 Å². The molecule has 6 nitrogen and oxygen atoms in total. The molecule has 2 aromatic rings. The van der Waals surface area contributed by atoms with E-state index in [1.807, 2.05) is 6.92 Å². The Hall–Kier alpha value is -2.12. The summed E-state index contributed by atoms with van der Waals surface area (Å²) in [5.74, 6) is -0.585. The number of nitrogens with one attached hydrogen (secondary N) is 1. The third-order valence-corrected chi connectivity index (χ3v) is 5.66. The van der Waals surface area contributed by atoms with Crippen LogP contribution >= 0.6 is 0 Å². The fourth-order valence-electron chi connectivity index (χ4n) is 2.46. The Kier molecular flexibility index (Phi) is 5.80. The zero-order valence-electron chi connectivity index (χ0n) is 13.7. The van der Waals surface area contributed by atoms with Gasteiger partial charge >= 0.3 is 5.97 Å². The van der Waals surface area contributed by atoms with Crippen molar-refractivity contribution in [3.63, 3.8) is 0 Å². The number of carbonyl (C=O) groups is 1. The highest BCUT2D eigenvalue weighted by Gasteiger charge is 2.27. The first-order chi connectivity index (χ1) is 11.5. The lowest BCUT2D eigenvalue weighted by Gasteiger charge is -2.08. The van der Waals surface area contributed by atoms with Gasteiger partial charge in [-0.05, 0) is 30.5 Å². The van der Waals surface area contributed by atoms with Crippen molar-refractivity contribution in [2.45, 2.75) is 42.6 Å². The number of aromatic amines is 1. The normalized spacial score (nSPS) is 11.5. The molecule has 2 rings (SSSR count). The molecule has 0 saturated carbocycles. The summed E-state index contributed by atoms with van der Waals surface area (Å²) in [5, 5.41) is 9.08. The van der Waals surface area contributed by atoms with Gasteiger partial charge in [0.2, 0.25) is 9.84 Å². The molecule has 0 radical (unpaired) electrons. The summed E-state index contributed by atoms with van der Waals surface area (Å²) in [6, 6.07) is 6.03. The average Bonchev–Trinajstić information content (AvgIpc) is 3.03. The standard InChI is InChI=1S/C17H21NO5S/c1-3-4-5-14-15(10-18-16(14)17(20)23-2)24(21,22)13-8-6-12(11-19)7-9-13/h6-10,18-19H,3-5,11H2,1-2H3. The van der Waals surface area contributed by atoms with Gasteiger partial charge in [0.1, 0.15) is 5.69 Å². The molecular formula is C17H21NO5S. The number of hydrogen-bond acceptors (Lipinski definition) is 5. The predicted octanol–water partition coefficient (Wildman–Crippen LogP) is 2.47. The van der Waals surface area contributed by atoms with Crippen LogP contribution in [0.15, 0.2) is 40.3 Å². The van der Waals surface area contributed by atoms with Crippen LogP contribution in [-0.2, 0) is 27.6 Å². The van der Waals surface area contributed by atoms with Gasteiger partial charge in [-0.3, -0.25) is 0 Å². The Morgan fingerprint density at radius 3 is 2.46 bits per heavy atom. The van der Waals surface area contributed by atoms with Crippen LogP contribution in [0.1, 0.15) is 41.4 Å². The van der Waals surface area contributed by atoms with E-state index in [4.69, 9.17) is 9.84 Å². The van der Waals surface area contributed by atoms with Crippen molar-refractivity contribution in [1.82, 2.24) is 4.98 Å². The van der Waals surface area contributed by atoms with E-state index in [9.17, 15) is 13.2 Å². The number of ether oxygens (including phenoxy) is 1. The Labute approximate surface area is 141 Å². The molecule has 0 amide bonds. The minimum Gasteiger partial charge on any atom is -0.464 e. The summed E-state index contributed by atoms with van der Waals surface area (Å²) in [4.78, 5) is 14.8. The minimum absolute atomic E-state index is 0.0908. The van der Waals surface area contributed by atoms with Crippen LogP contribution in [0.4, 0.5) is 0 Å². The first kappa shape index (κ1) is 18.2. The highest BCUT2D eigenvalue weighted by molar-refractivity contribution is 7.91. The molecule has 0 unspecified atom stereocenters. The van der Waals surface area contributed by atoms with E-state index >= 15 is 0 Å². The molecular weight excluding hydrogens is 330 g/mol. The van der Waals surface area contributed by atoms with Gasteiger partial charge < -0.3 is 14.8 Å². The minimum atomic E-state index is -3.77. The van der Waals surface area contributed by atoms with Crippen molar-refractivity contribution in [3.05, 3.63) is 47.3 Å². The fraction of sp³-hybridized carbons (Fsp3) is 0.353. The molecule has 0 saturated heterocycles. The number of unbranched alkanes of at least 4 members (excludes halogenated alkanes) is 1. The molecule has 0 aliphatic rings. The predicted molar refractivity (Wildman–Crippen MR) is 88.6 cm³/mol. The van der Waals surface area contributed by atoms with E-state index in [1.165, 1.54) is 25.4 Å². The van der Waals surface area contributed by atoms with Crippen LogP contribution in [0.25, 0.3) is 0 Å². The topological polar surface area (TPSA) is 96.5 Å². The Balaban J connectivity index is 2.52. The Morgan fingerprint density at radius 1 is 1.25 bits per heavy atom. The van der Waals surface area contributed by atoms with Crippen LogP contribution in [0.3, 0.4) is 0 Å². The van der Waals surface area contributed by atoms with Crippen molar-refractivity contribution in [3.8, 4) is 0 Å². The van der Waals surface area contributed by atoms with Crippen LogP contribution < -0.4 is 0 Å². The largest absolute Gasteiger partial charge is 0.464 e. The molecule has 0 fully saturated rings. The number of hydrogen-bond donors (Lipinski definition) is 2. The summed E-state index contributed by atoms with van der Waals surface area (Å²) >= 11 is 0. The summed E-state index contributed by atoms with van der Waals surface area (Å²) in [6.07, 6.45) is 3.44. The van der Waals surface area contributed by atoms with Gasteiger partial charge in [0, 0.05) is 11.8 Å². The molecule has 7 heteroatoms. The smallest absolute Gasteiger partial charge is 0.354 e. The number of aliphatic hydroxyl groups excluding tert-OH is 1. The van der Waals surface area contributed by atoms with Crippen LogP contribution in [0.2, 0.25) is 0 Å². The van der Waals surface area contributed by atoms with Gasteiger partial charge in [-0.25, -0.2) is 13.2 Å². The lowest BCUT2D eigenvalue weighted by Crippen LogP contribution is -2.09. The van der Waals surface area contributed by atoms with Gasteiger partial charge in [0.05, 0.1) is 23.5 Å². The van der Waals surface area contributed by atoms with Crippen molar-refractivity contribution in [2.75, 3.05) is 7.11 Å². The fourth-order valence-corrected chi connectivity index (χ4v) is 3.95.